The van der Waals surface area contributed by atoms with Crippen molar-refractivity contribution in [3.63, 3.8) is 0 Å². The first-order valence-corrected chi connectivity index (χ1v) is 8.43. The van der Waals surface area contributed by atoms with Crippen LogP contribution in [0.25, 0.3) is 0 Å². The average molecular weight is 374 g/mol. The lowest BCUT2D eigenvalue weighted by atomic mass is 10.2. The van der Waals surface area contributed by atoms with Crippen LogP contribution in [0.2, 0.25) is 5.02 Å². The quantitative estimate of drug-likeness (QED) is 0.578. The van der Waals surface area contributed by atoms with Gasteiger partial charge in [-0.2, -0.15) is 5.10 Å². The Morgan fingerprint density at radius 1 is 1.19 bits per heavy atom. The fraction of sp³-hybridized carbons (Fsp3) is 0.211. The maximum atomic E-state index is 11.9. The van der Waals surface area contributed by atoms with Gasteiger partial charge in [-0.1, -0.05) is 17.7 Å². The number of nitrogens with one attached hydrogen (secondary N) is 2. The van der Waals surface area contributed by atoms with Gasteiger partial charge in [0.1, 0.15) is 5.75 Å². The molecule has 6 nitrogen and oxygen atoms in total. The van der Waals surface area contributed by atoms with E-state index in [2.05, 4.69) is 15.8 Å². The zero-order valence-corrected chi connectivity index (χ0v) is 15.3. The highest BCUT2D eigenvalue weighted by atomic mass is 35.5. The molecule has 0 radical (unpaired) electrons. The molecule has 26 heavy (non-hydrogen) atoms. The van der Waals surface area contributed by atoms with E-state index < -0.39 is 0 Å². The second-order valence-electron chi connectivity index (χ2n) is 5.79. The van der Waals surface area contributed by atoms with Crippen LogP contribution in [0.3, 0.4) is 0 Å². The molecule has 0 atom stereocenters. The summed E-state index contributed by atoms with van der Waals surface area (Å²) in [4.78, 5) is 23.5. The van der Waals surface area contributed by atoms with Crippen LogP contribution in [0.4, 0.5) is 0 Å². The van der Waals surface area contributed by atoms with Crippen molar-refractivity contribution >= 4 is 29.6 Å². The van der Waals surface area contributed by atoms with Crippen molar-refractivity contribution in [3.8, 4) is 5.75 Å². The Balaban J connectivity index is 1.83. The monoisotopic (exact) mass is 373 g/mol. The molecule has 2 aromatic carbocycles. The molecular formula is C19H20ClN3O3. The molecule has 0 bridgehead atoms. The van der Waals surface area contributed by atoms with Crippen LogP contribution < -0.4 is 15.5 Å². The molecule has 0 aliphatic carbocycles. The molecule has 0 fully saturated rings. The van der Waals surface area contributed by atoms with Crippen molar-refractivity contribution in [2.75, 3.05) is 6.61 Å². The molecule has 2 aromatic rings. The van der Waals surface area contributed by atoms with Crippen LogP contribution >= 0.6 is 11.6 Å². The molecule has 136 valence electrons. The molecule has 0 saturated heterocycles. The van der Waals surface area contributed by atoms with E-state index in [0.29, 0.717) is 16.3 Å². The molecular weight excluding hydrogens is 354 g/mol. The van der Waals surface area contributed by atoms with Crippen LogP contribution in [0, 0.1) is 0 Å². The third-order valence-electron chi connectivity index (χ3n) is 3.17. The number of hydrazone groups is 1. The second-order valence-corrected chi connectivity index (χ2v) is 6.23. The Morgan fingerprint density at radius 3 is 2.58 bits per heavy atom. The van der Waals surface area contributed by atoms with E-state index in [-0.39, 0.29) is 24.5 Å². The number of hydrogen-bond donors (Lipinski definition) is 2. The number of carbonyl (C=O) groups excluding carboxylic acids is 2. The van der Waals surface area contributed by atoms with Crippen molar-refractivity contribution in [2.45, 2.75) is 19.9 Å². The fourth-order valence-corrected chi connectivity index (χ4v) is 2.21. The Morgan fingerprint density at radius 2 is 1.92 bits per heavy atom. The van der Waals surface area contributed by atoms with Crippen LogP contribution in [-0.2, 0) is 4.79 Å². The first-order valence-electron chi connectivity index (χ1n) is 8.05. The fourth-order valence-electron chi connectivity index (χ4n) is 2.02. The summed E-state index contributed by atoms with van der Waals surface area (Å²) in [7, 11) is 0. The largest absolute Gasteiger partial charge is 0.484 e. The van der Waals surface area contributed by atoms with E-state index in [4.69, 9.17) is 16.3 Å². The van der Waals surface area contributed by atoms with E-state index in [1.165, 1.54) is 6.21 Å². The number of hydrogen-bond acceptors (Lipinski definition) is 4. The average Bonchev–Trinajstić information content (AvgIpc) is 2.60. The molecule has 0 aromatic heterocycles. The maximum Gasteiger partial charge on any atom is 0.271 e. The minimum Gasteiger partial charge on any atom is -0.484 e. The van der Waals surface area contributed by atoms with Crippen LogP contribution in [-0.4, -0.2) is 30.7 Å². The van der Waals surface area contributed by atoms with Crippen LogP contribution in [0.1, 0.15) is 29.8 Å². The van der Waals surface area contributed by atoms with Gasteiger partial charge >= 0.3 is 0 Å². The van der Waals surface area contributed by atoms with Crippen molar-refractivity contribution in [1.82, 2.24) is 10.7 Å². The van der Waals surface area contributed by atoms with Gasteiger partial charge in [0.05, 0.1) is 6.21 Å². The molecule has 0 aliphatic rings. The summed E-state index contributed by atoms with van der Waals surface area (Å²) in [6, 6.07) is 13.7. The third-order valence-corrected chi connectivity index (χ3v) is 3.40. The predicted octanol–water partition coefficient (Wildman–Crippen LogP) is 3.01. The molecule has 7 heteroatoms. The van der Waals surface area contributed by atoms with Gasteiger partial charge in [0.15, 0.2) is 6.61 Å². The second kappa shape index (κ2) is 9.58. The molecule has 2 N–H and O–H groups in total. The Kier molecular flexibility index (Phi) is 7.17. The number of rotatable bonds is 7. The van der Waals surface area contributed by atoms with Gasteiger partial charge < -0.3 is 10.1 Å². The van der Waals surface area contributed by atoms with Gasteiger partial charge in [-0.25, -0.2) is 5.43 Å². The number of halogens is 1. The van der Waals surface area contributed by atoms with Gasteiger partial charge in [0.2, 0.25) is 0 Å². The van der Waals surface area contributed by atoms with Gasteiger partial charge in [0.25, 0.3) is 11.8 Å². The van der Waals surface area contributed by atoms with Crippen molar-refractivity contribution < 1.29 is 14.3 Å². The van der Waals surface area contributed by atoms with Crippen LogP contribution in [0.15, 0.2) is 53.6 Å². The molecule has 0 unspecified atom stereocenters. The maximum absolute atomic E-state index is 11.9. The summed E-state index contributed by atoms with van der Waals surface area (Å²) in [6.45, 7) is 3.73. The lowest BCUT2D eigenvalue weighted by molar-refractivity contribution is -0.123. The lowest BCUT2D eigenvalue weighted by Crippen LogP contribution is -2.34. The van der Waals surface area contributed by atoms with Crippen LogP contribution in [0.5, 0.6) is 5.75 Å². The summed E-state index contributed by atoms with van der Waals surface area (Å²) in [5.41, 5.74) is 3.64. The number of carbonyl (C=O) groups is 2. The van der Waals surface area contributed by atoms with Crippen molar-refractivity contribution in [2.24, 2.45) is 5.10 Å². The summed E-state index contributed by atoms with van der Waals surface area (Å²) < 4.78 is 5.40. The first-order chi connectivity index (χ1) is 12.4. The molecule has 2 rings (SSSR count). The smallest absolute Gasteiger partial charge is 0.271 e. The number of nitrogens with zero attached hydrogens (tertiary/aromatic N) is 1. The zero-order chi connectivity index (χ0) is 18.9. The first kappa shape index (κ1) is 19.5. The van der Waals surface area contributed by atoms with Gasteiger partial charge in [-0.3, -0.25) is 9.59 Å². The molecule has 0 aliphatic heterocycles. The van der Waals surface area contributed by atoms with E-state index in [1.807, 2.05) is 13.8 Å². The lowest BCUT2D eigenvalue weighted by Gasteiger charge is -2.09. The van der Waals surface area contributed by atoms with E-state index in [9.17, 15) is 9.59 Å². The number of benzene rings is 2. The summed E-state index contributed by atoms with van der Waals surface area (Å²) >= 11 is 5.85. The molecule has 0 spiro atoms. The summed E-state index contributed by atoms with van der Waals surface area (Å²) in [6.07, 6.45) is 1.51. The highest BCUT2D eigenvalue weighted by molar-refractivity contribution is 6.30. The van der Waals surface area contributed by atoms with Crippen molar-refractivity contribution in [1.29, 1.82) is 0 Å². The summed E-state index contributed by atoms with van der Waals surface area (Å²) in [5.74, 6) is 0.0539. The van der Waals surface area contributed by atoms with Gasteiger partial charge in [-0.05, 0) is 61.9 Å². The van der Waals surface area contributed by atoms with E-state index >= 15 is 0 Å². The number of ether oxygens (including phenoxy) is 1. The van der Waals surface area contributed by atoms with Gasteiger partial charge in [-0.15, -0.1) is 0 Å². The normalized spacial score (nSPS) is 10.8. The third kappa shape index (κ3) is 6.57. The minimum absolute atomic E-state index is 0.0404. The summed E-state index contributed by atoms with van der Waals surface area (Å²) in [5, 5.41) is 7.14. The zero-order valence-electron chi connectivity index (χ0n) is 14.5. The Hall–Kier alpha value is -2.86. The SMILES string of the molecule is CC(C)NC(=O)COc1ccc(/C=N\NC(=O)c2cccc(Cl)c2)cc1. The van der Waals surface area contributed by atoms with E-state index in [0.717, 1.165) is 5.56 Å². The minimum atomic E-state index is -0.347. The van der Waals surface area contributed by atoms with Crippen molar-refractivity contribution in [3.05, 3.63) is 64.7 Å². The molecule has 2 amide bonds. The Labute approximate surface area is 157 Å². The molecule has 0 saturated carbocycles. The molecule has 0 heterocycles. The highest BCUT2D eigenvalue weighted by Gasteiger charge is 2.05. The Bertz CT molecular complexity index is 789. The van der Waals surface area contributed by atoms with E-state index in [1.54, 1.807) is 48.5 Å². The topological polar surface area (TPSA) is 79.8 Å². The highest BCUT2D eigenvalue weighted by Crippen LogP contribution is 2.12. The number of amides is 2. The standard InChI is InChI=1S/C19H20ClN3O3/c1-13(2)22-18(24)12-26-17-8-6-14(7-9-17)11-21-23-19(25)15-4-3-5-16(20)10-15/h3-11,13H,12H2,1-2H3,(H,22,24)(H,23,25)/b21-11-. The van der Waals surface area contributed by atoms with Gasteiger partial charge in [0, 0.05) is 16.6 Å². The predicted molar refractivity (Wildman–Crippen MR) is 102 cm³/mol.